The van der Waals surface area contributed by atoms with Crippen molar-refractivity contribution in [2.24, 2.45) is 17.8 Å². The van der Waals surface area contributed by atoms with Gasteiger partial charge in [0.2, 0.25) is 0 Å². The van der Waals surface area contributed by atoms with Crippen LogP contribution in [-0.2, 0) is 5.88 Å². The molecule has 3 atom stereocenters. The minimum atomic E-state index is 0.506. The average Bonchev–Trinajstić information content (AvgIpc) is 2.99. The van der Waals surface area contributed by atoms with Crippen molar-refractivity contribution in [2.75, 3.05) is 6.61 Å². The summed E-state index contributed by atoms with van der Waals surface area (Å²) in [6.07, 6.45) is 5.68. The Balaban J connectivity index is 1.69. The van der Waals surface area contributed by atoms with E-state index in [1.165, 1.54) is 31.2 Å². The van der Waals surface area contributed by atoms with Crippen molar-refractivity contribution in [3.63, 3.8) is 0 Å². The summed E-state index contributed by atoms with van der Waals surface area (Å²) in [6, 6.07) is 4.17. The maximum absolute atomic E-state index is 6.15. The highest BCUT2D eigenvalue weighted by Gasteiger charge is 2.39. The summed E-state index contributed by atoms with van der Waals surface area (Å²) in [5.41, 5.74) is 2.27. The van der Waals surface area contributed by atoms with Crippen LogP contribution in [0, 0.1) is 24.7 Å². The van der Waals surface area contributed by atoms with Gasteiger partial charge in [0.25, 0.3) is 0 Å². The second-order valence-corrected chi connectivity index (χ2v) is 7.27. The molecule has 2 saturated carbocycles. The van der Waals surface area contributed by atoms with Crippen LogP contribution in [0.1, 0.15) is 36.8 Å². The lowest BCUT2D eigenvalue weighted by molar-refractivity contribution is 0.193. The highest BCUT2D eigenvalue weighted by molar-refractivity contribution is 9.10. The Morgan fingerprint density at radius 1 is 1.32 bits per heavy atom. The molecule has 1 aromatic rings. The molecule has 19 heavy (non-hydrogen) atoms. The zero-order valence-electron chi connectivity index (χ0n) is 11.3. The van der Waals surface area contributed by atoms with E-state index in [0.29, 0.717) is 5.88 Å². The molecule has 1 aromatic carbocycles. The van der Waals surface area contributed by atoms with Crippen molar-refractivity contribution in [2.45, 2.75) is 38.5 Å². The van der Waals surface area contributed by atoms with E-state index in [4.69, 9.17) is 16.3 Å². The lowest BCUT2D eigenvalue weighted by atomic mass is 9.89. The first-order valence-electron chi connectivity index (χ1n) is 7.15. The van der Waals surface area contributed by atoms with Crippen LogP contribution in [0.4, 0.5) is 0 Å². The third kappa shape index (κ3) is 2.80. The van der Waals surface area contributed by atoms with Gasteiger partial charge in [-0.1, -0.05) is 22.4 Å². The number of benzene rings is 1. The molecule has 3 heteroatoms. The number of rotatable bonds is 4. The zero-order chi connectivity index (χ0) is 13.4. The van der Waals surface area contributed by atoms with E-state index in [0.717, 1.165) is 40.1 Å². The molecule has 0 saturated heterocycles. The molecule has 0 aromatic heterocycles. The number of hydrogen-bond donors (Lipinski definition) is 0. The first kappa shape index (κ1) is 13.8. The van der Waals surface area contributed by atoms with Gasteiger partial charge >= 0.3 is 0 Å². The highest BCUT2D eigenvalue weighted by Crippen LogP contribution is 2.48. The summed E-state index contributed by atoms with van der Waals surface area (Å²) in [5.74, 6) is 4.18. The minimum Gasteiger partial charge on any atom is -0.493 e. The van der Waals surface area contributed by atoms with Gasteiger partial charge in [-0.25, -0.2) is 0 Å². The molecule has 0 heterocycles. The van der Waals surface area contributed by atoms with E-state index in [1.807, 2.05) is 0 Å². The van der Waals surface area contributed by atoms with E-state index in [-0.39, 0.29) is 0 Å². The number of alkyl halides is 1. The predicted molar refractivity (Wildman–Crippen MR) is 82.9 cm³/mol. The van der Waals surface area contributed by atoms with Gasteiger partial charge in [0.1, 0.15) is 5.75 Å². The molecule has 0 radical (unpaired) electrons. The Morgan fingerprint density at radius 3 is 2.79 bits per heavy atom. The van der Waals surface area contributed by atoms with Crippen LogP contribution in [0.25, 0.3) is 0 Å². The normalized spacial score (nSPS) is 28.9. The number of aryl methyl sites for hydroxylation is 1. The average molecular weight is 344 g/mol. The van der Waals surface area contributed by atoms with Gasteiger partial charge in [0.15, 0.2) is 0 Å². The van der Waals surface area contributed by atoms with Gasteiger partial charge in [-0.15, -0.1) is 11.6 Å². The van der Waals surface area contributed by atoms with Gasteiger partial charge in [-0.2, -0.15) is 0 Å². The Morgan fingerprint density at radius 2 is 2.16 bits per heavy atom. The summed E-state index contributed by atoms with van der Waals surface area (Å²) in [7, 11) is 0. The van der Waals surface area contributed by atoms with Crippen molar-refractivity contribution in [3.8, 4) is 5.75 Å². The van der Waals surface area contributed by atoms with Crippen LogP contribution >= 0.6 is 27.5 Å². The van der Waals surface area contributed by atoms with E-state index in [9.17, 15) is 0 Å². The molecule has 0 N–H and O–H groups in total. The van der Waals surface area contributed by atoms with Crippen LogP contribution in [0.3, 0.4) is 0 Å². The standard InChI is InChI=1S/C16H20BrClO/c1-10-4-15(17)7-13(8-18)16(10)19-9-14-6-11-2-3-12(14)5-11/h4,7,11-12,14H,2-3,5-6,8-9H2,1H3. The summed E-state index contributed by atoms with van der Waals surface area (Å²) < 4.78 is 7.22. The van der Waals surface area contributed by atoms with Gasteiger partial charge in [0, 0.05) is 10.0 Å². The van der Waals surface area contributed by atoms with Crippen LogP contribution in [0.5, 0.6) is 5.75 Å². The highest BCUT2D eigenvalue weighted by atomic mass is 79.9. The van der Waals surface area contributed by atoms with Crippen molar-refractivity contribution in [1.82, 2.24) is 0 Å². The van der Waals surface area contributed by atoms with Gasteiger partial charge < -0.3 is 4.74 Å². The number of hydrogen-bond acceptors (Lipinski definition) is 1. The molecule has 0 spiro atoms. The summed E-state index contributed by atoms with van der Waals surface area (Å²) >= 11 is 9.55. The van der Waals surface area contributed by atoms with E-state index in [2.05, 4.69) is 35.0 Å². The molecule has 0 aliphatic heterocycles. The van der Waals surface area contributed by atoms with Crippen molar-refractivity contribution >= 4 is 27.5 Å². The van der Waals surface area contributed by atoms with Gasteiger partial charge in [-0.05, 0) is 61.6 Å². The molecule has 3 unspecified atom stereocenters. The molecule has 2 bridgehead atoms. The number of halogens is 2. The first-order valence-corrected chi connectivity index (χ1v) is 8.48. The topological polar surface area (TPSA) is 9.23 Å². The fourth-order valence-corrected chi connectivity index (χ4v) is 4.69. The zero-order valence-corrected chi connectivity index (χ0v) is 13.6. The molecular weight excluding hydrogens is 324 g/mol. The molecule has 2 aliphatic carbocycles. The second-order valence-electron chi connectivity index (χ2n) is 6.09. The molecular formula is C16H20BrClO. The molecule has 104 valence electrons. The van der Waals surface area contributed by atoms with E-state index >= 15 is 0 Å². The molecule has 0 amide bonds. The fraction of sp³-hybridized carbons (Fsp3) is 0.625. The molecule has 2 fully saturated rings. The number of fused-ring (bicyclic) bond motifs is 2. The van der Waals surface area contributed by atoms with Gasteiger partial charge in [0.05, 0.1) is 12.5 Å². The monoisotopic (exact) mass is 342 g/mol. The Labute approximate surface area is 128 Å². The van der Waals surface area contributed by atoms with E-state index < -0.39 is 0 Å². The van der Waals surface area contributed by atoms with Crippen molar-refractivity contribution < 1.29 is 4.74 Å². The van der Waals surface area contributed by atoms with Crippen LogP contribution < -0.4 is 4.74 Å². The van der Waals surface area contributed by atoms with Crippen molar-refractivity contribution in [3.05, 3.63) is 27.7 Å². The maximum Gasteiger partial charge on any atom is 0.126 e. The molecule has 2 aliphatic rings. The van der Waals surface area contributed by atoms with Crippen LogP contribution in [0.15, 0.2) is 16.6 Å². The van der Waals surface area contributed by atoms with Crippen LogP contribution in [-0.4, -0.2) is 6.61 Å². The Hall–Kier alpha value is -0.210. The third-order valence-corrected chi connectivity index (χ3v) is 5.53. The van der Waals surface area contributed by atoms with Crippen LogP contribution in [0.2, 0.25) is 0 Å². The minimum absolute atomic E-state index is 0.506. The summed E-state index contributed by atoms with van der Waals surface area (Å²) in [5, 5.41) is 0. The Kier molecular flexibility index (Phi) is 4.09. The summed E-state index contributed by atoms with van der Waals surface area (Å²) in [6.45, 7) is 2.96. The second kappa shape index (κ2) is 5.65. The fourth-order valence-electron chi connectivity index (χ4n) is 3.88. The quantitative estimate of drug-likeness (QED) is 0.673. The lowest BCUT2D eigenvalue weighted by Gasteiger charge is -2.23. The van der Waals surface area contributed by atoms with Gasteiger partial charge in [-0.3, -0.25) is 0 Å². The van der Waals surface area contributed by atoms with E-state index in [1.54, 1.807) is 0 Å². The lowest BCUT2D eigenvalue weighted by Crippen LogP contribution is -2.19. The largest absolute Gasteiger partial charge is 0.493 e. The maximum atomic E-state index is 6.15. The molecule has 3 rings (SSSR count). The molecule has 1 nitrogen and oxygen atoms in total. The number of ether oxygens (including phenoxy) is 1. The summed E-state index contributed by atoms with van der Waals surface area (Å²) in [4.78, 5) is 0. The van der Waals surface area contributed by atoms with Crippen molar-refractivity contribution in [1.29, 1.82) is 0 Å². The third-order valence-electron chi connectivity index (χ3n) is 4.79. The SMILES string of the molecule is Cc1cc(Br)cc(CCl)c1OCC1CC2CCC1C2. The first-order chi connectivity index (χ1) is 9.17. The Bertz CT molecular complexity index is 474. The predicted octanol–water partition coefficient (Wildman–Crippen LogP) is 5.31. The smallest absolute Gasteiger partial charge is 0.126 e.